The maximum atomic E-state index is 12.3. The molecule has 1 amide bonds. The summed E-state index contributed by atoms with van der Waals surface area (Å²) in [7, 11) is 0. The lowest BCUT2D eigenvalue weighted by atomic mass is 9.89. The van der Waals surface area contributed by atoms with Gasteiger partial charge in [-0.15, -0.1) is 0 Å². The van der Waals surface area contributed by atoms with Gasteiger partial charge in [0.05, 0.1) is 5.92 Å². The van der Waals surface area contributed by atoms with Crippen molar-refractivity contribution in [1.29, 1.82) is 0 Å². The highest BCUT2D eigenvalue weighted by atomic mass is 16.4. The minimum absolute atomic E-state index is 0.0647. The second-order valence-electron chi connectivity index (χ2n) is 5.47. The number of amides is 1. The van der Waals surface area contributed by atoms with Crippen molar-refractivity contribution in [2.24, 2.45) is 5.92 Å². The van der Waals surface area contributed by atoms with E-state index in [4.69, 9.17) is 0 Å². The molecule has 3 atom stereocenters. The molecule has 4 heteroatoms. The number of aliphatic carboxylic acids is 1. The van der Waals surface area contributed by atoms with Gasteiger partial charge in [0.1, 0.15) is 0 Å². The zero-order chi connectivity index (χ0) is 14.1. The normalized spacial score (nSPS) is 28.2. The van der Waals surface area contributed by atoms with Gasteiger partial charge in [0, 0.05) is 18.2 Å². The number of carboxylic acids is 1. The molecule has 2 bridgehead atoms. The number of carbonyl (C=O) groups excluding carboxylic acids is 1. The topological polar surface area (TPSA) is 57.6 Å². The highest BCUT2D eigenvalue weighted by Gasteiger charge is 2.50. The highest BCUT2D eigenvalue weighted by Crippen LogP contribution is 2.41. The molecule has 0 aromatic heterocycles. The summed E-state index contributed by atoms with van der Waals surface area (Å²) >= 11 is 0. The van der Waals surface area contributed by atoms with Gasteiger partial charge in [-0.2, -0.15) is 0 Å². The van der Waals surface area contributed by atoms with Gasteiger partial charge in [-0.05, 0) is 30.9 Å². The van der Waals surface area contributed by atoms with E-state index in [1.165, 1.54) is 0 Å². The van der Waals surface area contributed by atoms with Crippen molar-refractivity contribution in [2.75, 3.05) is 0 Å². The molecular weight excluding hydrogens is 254 g/mol. The second kappa shape index (κ2) is 5.12. The largest absolute Gasteiger partial charge is 0.481 e. The van der Waals surface area contributed by atoms with Gasteiger partial charge < -0.3 is 10.0 Å². The molecule has 2 saturated heterocycles. The Labute approximate surface area is 117 Å². The number of fused-ring (bicyclic) bond motifs is 2. The van der Waals surface area contributed by atoms with Gasteiger partial charge in [-0.25, -0.2) is 0 Å². The van der Waals surface area contributed by atoms with Crippen LogP contribution in [0.1, 0.15) is 24.8 Å². The molecule has 2 aliphatic heterocycles. The molecule has 0 saturated carbocycles. The van der Waals surface area contributed by atoms with E-state index in [0.29, 0.717) is 6.42 Å². The molecule has 3 rings (SSSR count). The van der Waals surface area contributed by atoms with Gasteiger partial charge in [-0.3, -0.25) is 9.59 Å². The summed E-state index contributed by atoms with van der Waals surface area (Å²) in [5, 5.41) is 9.19. The molecule has 2 heterocycles. The number of hydrogen-bond acceptors (Lipinski definition) is 2. The molecule has 3 unspecified atom stereocenters. The zero-order valence-electron chi connectivity index (χ0n) is 11.1. The van der Waals surface area contributed by atoms with Crippen molar-refractivity contribution in [2.45, 2.75) is 31.3 Å². The Morgan fingerprint density at radius 1 is 1.20 bits per heavy atom. The van der Waals surface area contributed by atoms with E-state index in [1.807, 2.05) is 30.3 Å². The maximum absolute atomic E-state index is 12.3. The number of carbonyl (C=O) groups is 2. The minimum Gasteiger partial charge on any atom is -0.481 e. The van der Waals surface area contributed by atoms with Crippen LogP contribution >= 0.6 is 0 Å². The fourth-order valence-corrected chi connectivity index (χ4v) is 3.42. The van der Waals surface area contributed by atoms with E-state index in [2.05, 4.69) is 0 Å². The molecule has 2 fully saturated rings. The van der Waals surface area contributed by atoms with E-state index in [-0.39, 0.29) is 23.9 Å². The fourth-order valence-electron chi connectivity index (χ4n) is 3.42. The van der Waals surface area contributed by atoms with Crippen LogP contribution < -0.4 is 0 Å². The van der Waals surface area contributed by atoms with Gasteiger partial charge >= 0.3 is 5.97 Å². The van der Waals surface area contributed by atoms with E-state index in [0.717, 1.165) is 18.4 Å². The summed E-state index contributed by atoms with van der Waals surface area (Å²) in [5.41, 5.74) is 0.974. The lowest BCUT2D eigenvalue weighted by Gasteiger charge is -2.21. The smallest absolute Gasteiger partial charge is 0.308 e. The Morgan fingerprint density at radius 3 is 2.60 bits per heavy atom. The molecule has 0 spiro atoms. The molecule has 2 aliphatic rings. The average molecular weight is 271 g/mol. The molecule has 1 aromatic carbocycles. The van der Waals surface area contributed by atoms with Crippen LogP contribution in [0.15, 0.2) is 36.4 Å². The second-order valence-corrected chi connectivity index (χ2v) is 5.47. The predicted molar refractivity (Wildman–Crippen MR) is 74.9 cm³/mol. The van der Waals surface area contributed by atoms with Gasteiger partial charge in [-0.1, -0.05) is 30.3 Å². The number of benzene rings is 1. The Balaban J connectivity index is 1.72. The van der Waals surface area contributed by atoms with Crippen LogP contribution in [0.5, 0.6) is 0 Å². The first-order valence-corrected chi connectivity index (χ1v) is 6.95. The van der Waals surface area contributed by atoms with Crippen LogP contribution in [0, 0.1) is 5.92 Å². The van der Waals surface area contributed by atoms with Gasteiger partial charge in [0.2, 0.25) is 5.91 Å². The molecule has 20 heavy (non-hydrogen) atoms. The molecule has 1 N–H and O–H groups in total. The molecule has 0 radical (unpaired) electrons. The standard InChI is InChI=1S/C16H17NO3/c18-15(9-6-11-4-2-1-3-5-11)17-12-7-8-14(17)13(10-12)16(19)20/h1-6,9,12-14H,7-8,10H2,(H,19,20). The van der Waals surface area contributed by atoms with Crippen molar-refractivity contribution in [1.82, 2.24) is 4.90 Å². The minimum atomic E-state index is -0.776. The zero-order valence-corrected chi connectivity index (χ0v) is 11.1. The monoisotopic (exact) mass is 271 g/mol. The number of carboxylic acid groups (broad SMARTS) is 1. The Morgan fingerprint density at radius 2 is 1.95 bits per heavy atom. The Bertz CT molecular complexity index is 552. The quantitative estimate of drug-likeness (QED) is 0.857. The first-order valence-electron chi connectivity index (χ1n) is 6.95. The summed E-state index contributed by atoms with van der Waals surface area (Å²) in [6.45, 7) is 0. The molecule has 1 aromatic rings. The van der Waals surface area contributed by atoms with Crippen LogP contribution in [0.4, 0.5) is 0 Å². The summed E-state index contributed by atoms with van der Waals surface area (Å²) in [6.07, 6.45) is 5.69. The van der Waals surface area contributed by atoms with E-state index in [9.17, 15) is 14.7 Å². The Hall–Kier alpha value is -2.10. The number of nitrogens with zero attached hydrogens (tertiary/aromatic N) is 1. The third-order valence-electron chi connectivity index (χ3n) is 4.33. The fraction of sp³-hybridized carbons (Fsp3) is 0.375. The van der Waals surface area contributed by atoms with Crippen molar-refractivity contribution in [3.63, 3.8) is 0 Å². The third-order valence-corrected chi connectivity index (χ3v) is 4.33. The van der Waals surface area contributed by atoms with E-state index in [1.54, 1.807) is 17.1 Å². The number of rotatable bonds is 3. The predicted octanol–water partition coefficient (Wildman–Crippen LogP) is 2.16. The SMILES string of the molecule is O=C(O)C1CC2CCC1N2C(=O)C=Cc1ccccc1. The molecule has 104 valence electrons. The number of hydrogen-bond donors (Lipinski definition) is 1. The van der Waals surface area contributed by atoms with E-state index >= 15 is 0 Å². The van der Waals surface area contributed by atoms with Crippen LogP contribution in [-0.2, 0) is 9.59 Å². The van der Waals surface area contributed by atoms with Crippen LogP contribution in [-0.4, -0.2) is 34.0 Å². The highest BCUT2D eigenvalue weighted by molar-refractivity contribution is 5.93. The molecule has 0 aliphatic carbocycles. The van der Waals surface area contributed by atoms with Crippen LogP contribution in [0.25, 0.3) is 6.08 Å². The molecular formula is C16H17NO3. The van der Waals surface area contributed by atoms with Crippen molar-refractivity contribution in [3.8, 4) is 0 Å². The van der Waals surface area contributed by atoms with E-state index < -0.39 is 5.97 Å². The summed E-state index contributed by atoms with van der Waals surface area (Å²) in [6, 6.07) is 9.62. The van der Waals surface area contributed by atoms with Crippen LogP contribution in [0.3, 0.4) is 0 Å². The summed E-state index contributed by atoms with van der Waals surface area (Å²) in [4.78, 5) is 25.3. The summed E-state index contributed by atoms with van der Waals surface area (Å²) in [5.74, 6) is -1.23. The average Bonchev–Trinajstić information content (AvgIpc) is 3.03. The lowest BCUT2D eigenvalue weighted by molar-refractivity contribution is -0.143. The summed E-state index contributed by atoms with van der Waals surface area (Å²) < 4.78 is 0. The van der Waals surface area contributed by atoms with Crippen molar-refractivity contribution >= 4 is 18.0 Å². The van der Waals surface area contributed by atoms with Crippen LogP contribution in [0.2, 0.25) is 0 Å². The lowest BCUT2D eigenvalue weighted by Crippen LogP contribution is -2.36. The molecule has 4 nitrogen and oxygen atoms in total. The van der Waals surface area contributed by atoms with Crippen molar-refractivity contribution < 1.29 is 14.7 Å². The maximum Gasteiger partial charge on any atom is 0.308 e. The van der Waals surface area contributed by atoms with Crippen molar-refractivity contribution in [3.05, 3.63) is 42.0 Å². The third kappa shape index (κ3) is 2.22. The Kier molecular flexibility index (Phi) is 3.30. The first kappa shape index (κ1) is 12.9. The van der Waals surface area contributed by atoms with Gasteiger partial charge in [0.15, 0.2) is 0 Å². The van der Waals surface area contributed by atoms with Gasteiger partial charge in [0.25, 0.3) is 0 Å². The first-order chi connectivity index (χ1) is 9.66.